The number of pyridine rings is 2. The first-order valence-corrected chi connectivity index (χ1v) is 17.9. The summed E-state index contributed by atoms with van der Waals surface area (Å²) >= 11 is 14.1. The molecule has 5 rings (SSSR count). The molecule has 3 N–H and O–H groups in total. The van der Waals surface area contributed by atoms with Crippen molar-refractivity contribution in [1.82, 2.24) is 25.5 Å². The molecule has 0 unspecified atom stereocenters. The Morgan fingerprint density at radius 3 is 2.49 bits per heavy atom. The van der Waals surface area contributed by atoms with Gasteiger partial charge in [0, 0.05) is 71.7 Å². The molecule has 0 spiro atoms. The van der Waals surface area contributed by atoms with Crippen LogP contribution in [0, 0.1) is 5.82 Å². The number of ether oxygens (including phenoxy) is 3. The van der Waals surface area contributed by atoms with Gasteiger partial charge in [-0.15, -0.1) is 0 Å². The molecule has 2 amide bonds. The summed E-state index contributed by atoms with van der Waals surface area (Å²) in [5.41, 5.74) is 3.26. The summed E-state index contributed by atoms with van der Waals surface area (Å²) in [4.78, 5) is 35.9. The average molecular weight is 769 g/mol. The van der Waals surface area contributed by atoms with Crippen molar-refractivity contribution in [3.05, 3.63) is 81.7 Å². The molecular formula is C39H44Cl2FN5O6. The zero-order valence-electron chi connectivity index (χ0n) is 30.6. The highest BCUT2D eigenvalue weighted by Crippen LogP contribution is 2.42. The van der Waals surface area contributed by atoms with E-state index < -0.39 is 23.6 Å². The van der Waals surface area contributed by atoms with Crippen molar-refractivity contribution in [3.8, 4) is 45.3 Å². The molecule has 1 aliphatic rings. The van der Waals surface area contributed by atoms with Crippen LogP contribution in [0.4, 0.5) is 9.18 Å². The van der Waals surface area contributed by atoms with Crippen LogP contribution in [0.1, 0.15) is 51.7 Å². The van der Waals surface area contributed by atoms with Crippen LogP contribution < -0.4 is 20.1 Å². The Bertz CT molecular complexity index is 1970. The van der Waals surface area contributed by atoms with Crippen LogP contribution in [0.5, 0.6) is 11.6 Å². The van der Waals surface area contributed by atoms with Crippen LogP contribution in [-0.4, -0.2) is 77.0 Å². The lowest BCUT2D eigenvalue weighted by molar-refractivity contribution is -0.119. The lowest BCUT2D eigenvalue weighted by Gasteiger charge is -2.29. The predicted molar refractivity (Wildman–Crippen MR) is 203 cm³/mol. The number of carbonyl (C=O) groups excluding carboxylic acids is 2. The van der Waals surface area contributed by atoms with E-state index in [0.717, 1.165) is 0 Å². The summed E-state index contributed by atoms with van der Waals surface area (Å²) in [6.07, 6.45) is 1.49. The smallest absolute Gasteiger partial charge is 0.410 e. The molecule has 2 aromatic carbocycles. The number of hydrogen-bond donors (Lipinski definition) is 3. The van der Waals surface area contributed by atoms with Gasteiger partial charge in [-0.3, -0.25) is 9.78 Å². The summed E-state index contributed by atoms with van der Waals surface area (Å²) in [6.45, 7) is 7.87. The molecule has 0 bridgehead atoms. The summed E-state index contributed by atoms with van der Waals surface area (Å²) < 4.78 is 32.3. The van der Waals surface area contributed by atoms with Crippen LogP contribution >= 0.6 is 23.2 Å². The van der Waals surface area contributed by atoms with E-state index in [0.29, 0.717) is 74.9 Å². The number of benzene rings is 2. The molecular weight excluding hydrogens is 724 g/mol. The third-order valence-electron chi connectivity index (χ3n) is 8.51. The van der Waals surface area contributed by atoms with Crippen molar-refractivity contribution in [2.45, 2.75) is 71.4 Å². The van der Waals surface area contributed by atoms with Crippen molar-refractivity contribution < 1.29 is 33.3 Å². The van der Waals surface area contributed by atoms with Crippen molar-refractivity contribution in [1.29, 1.82) is 0 Å². The Kier molecular flexibility index (Phi) is 12.8. The van der Waals surface area contributed by atoms with E-state index in [1.807, 2.05) is 24.3 Å². The lowest BCUT2D eigenvalue weighted by Crippen LogP contribution is -2.43. The van der Waals surface area contributed by atoms with Gasteiger partial charge in [-0.25, -0.2) is 14.2 Å². The Hall–Kier alpha value is -4.49. The van der Waals surface area contributed by atoms with Gasteiger partial charge < -0.3 is 34.9 Å². The highest BCUT2D eigenvalue weighted by molar-refractivity contribution is 6.39. The summed E-state index contributed by atoms with van der Waals surface area (Å²) in [5.74, 6) is 0.0403. The van der Waals surface area contributed by atoms with Crippen molar-refractivity contribution in [3.63, 3.8) is 0 Å². The van der Waals surface area contributed by atoms with Crippen molar-refractivity contribution in [2.75, 3.05) is 27.3 Å². The first-order chi connectivity index (χ1) is 25.2. The van der Waals surface area contributed by atoms with Gasteiger partial charge in [0.05, 0.1) is 48.3 Å². The molecule has 53 heavy (non-hydrogen) atoms. The zero-order chi connectivity index (χ0) is 38.4. The Morgan fingerprint density at radius 1 is 1.09 bits per heavy atom. The molecule has 3 heterocycles. The molecule has 1 aliphatic heterocycles. The van der Waals surface area contributed by atoms with Crippen molar-refractivity contribution in [2.24, 2.45) is 0 Å². The first-order valence-electron chi connectivity index (χ1n) is 17.2. The van der Waals surface area contributed by atoms with E-state index in [1.54, 1.807) is 57.0 Å². The fraction of sp³-hybridized carbons (Fsp3) is 0.385. The van der Waals surface area contributed by atoms with E-state index in [4.69, 9.17) is 42.4 Å². The molecule has 0 aliphatic carbocycles. The fourth-order valence-corrected chi connectivity index (χ4v) is 6.68. The fourth-order valence-electron chi connectivity index (χ4n) is 6.03. The van der Waals surface area contributed by atoms with E-state index in [-0.39, 0.29) is 42.5 Å². The minimum atomic E-state index is -0.716. The highest BCUT2D eigenvalue weighted by Gasteiger charge is 2.29. The first kappa shape index (κ1) is 39.7. The Morgan fingerprint density at radius 2 is 1.83 bits per heavy atom. The topological polar surface area (TPSA) is 135 Å². The van der Waals surface area contributed by atoms with Crippen molar-refractivity contribution >= 4 is 35.2 Å². The molecule has 1 fully saturated rings. The number of halogens is 3. The predicted octanol–water partition coefficient (Wildman–Crippen LogP) is 7.43. The minimum Gasteiger partial charge on any atom is -0.496 e. The SMILES string of the molecule is COc1cc(-c2nccc(-c3cccc(-c4ccc(CN(C[C@@H]5CCC(=O)N5)C(=O)OC(C)(C)C)c(OC)n4)c3Cl)c2Cl)cc(F)c1CNC[C@@H](C)O. The maximum atomic E-state index is 15.4. The Labute approximate surface area is 318 Å². The van der Waals surface area contributed by atoms with Gasteiger partial charge in [-0.2, -0.15) is 0 Å². The van der Waals surface area contributed by atoms with E-state index in [2.05, 4.69) is 15.6 Å². The third-order valence-corrected chi connectivity index (χ3v) is 9.30. The second-order valence-corrected chi connectivity index (χ2v) is 14.6. The summed E-state index contributed by atoms with van der Waals surface area (Å²) in [6, 6.07) is 13.6. The van der Waals surface area contributed by atoms with Crippen LogP contribution in [0.25, 0.3) is 33.6 Å². The van der Waals surface area contributed by atoms with E-state index in [1.165, 1.54) is 20.3 Å². The average Bonchev–Trinajstić information content (AvgIpc) is 3.52. The van der Waals surface area contributed by atoms with Crippen LogP contribution in [-0.2, 0) is 22.6 Å². The molecule has 1 saturated heterocycles. The van der Waals surface area contributed by atoms with E-state index >= 15 is 4.39 Å². The monoisotopic (exact) mass is 767 g/mol. The number of nitrogens with one attached hydrogen (secondary N) is 2. The molecule has 14 heteroatoms. The number of hydrogen-bond acceptors (Lipinski definition) is 9. The number of aliphatic hydroxyl groups is 1. The molecule has 282 valence electrons. The van der Waals surface area contributed by atoms with Gasteiger partial charge in [0.2, 0.25) is 11.8 Å². The maximum absolute atomic E-state index is 15.4. The number of methoxy groups -OCH3 is 2. The highest BCUT2D eigenvalue weighted by atomic mass is 35.5. The van der Waals surface area contributed by atoms with E-state index in [9.17, 15) is 14.7 Å². The minimum absolute atomic E-state index is 0.0485. The molecule has 4 aromatic rings. The quantitative estimate of drug-likeness (QED) is 0.127. The molecule has 11 nitrogen and oxygen atoms in total. The number of carbonyl (C=O) groups is 2. The summed E-state index contributed by atoms with van der Waals surface area (Å²) in [7, 11) is 2.95. The second-order valence-electron chi connectivity index (χ2n) is 13.8. The molecule has 2 aromatic heterocycles. The van der Waals surface area contributed by atoms with Crippen LogP contribution in [0.2, 0.25) is 10.0 Å². The van der Waals surface area contributed by atoms with Gasteiger partial charge in [-0.05, 0) is 64.4 Å². The third kappa shape index (κ3) is 9.74. The standard InChI is InChI=1S/C39H44Cl2FN5O6/c1-22(48)18-43-19-29-30(42)16-24(17-32(29)51-5)36-35(41)27(14-15-44-36)26-8-7-9-28(34(26)40)31-12-10-23(37(46-31)52-6)20-47(38(50)53-39(2,3)4)21-25-11-13-33(49)45-25/h7-10,12,14-17,22,25,43,48H,11,13,18-21H2,1-6H3,(H,45,49)/t22-,25+/m1/s1. The number of aliphatic hydroxyl groups excluding tert-OH is 1. The summed E-state index contributed by atoms with van der Waals surface area (Å²) in [5, 5.41) is 16.1. The second kappa shape index (κ2) is 17.1. The van der Waals surface area contributed by atoms with Crippen LogP contribution in [0.3, 0.4) is 0 Å². The van der Waals surface area contributed by atoms with Gasteiger partial charge >= 0.3 is 6.09 Å². The van der Waals surface area contributed by atoms with Gasteiger partial charge in [0.15, 0.2) is 0 Å². The number of aromatic nitrogens is 2. The van der Waals surface area contributed by atoms with Gasteiger partial charge in [-0.1, -0.05) is 41.4 Å². The zero-order valence-corrected chi connectivity index (χ0v) is 32.1. The number of rotatable bonds is 13. The number of nitrogens with zero attached hydrogens (tertiary/aromatic N) is 3. The normalized spacial score (nSPS) is 14.8. The molecule has 2 atom stereocenters. The largest absolute Gasteiger partial charge is 0.496 e. The van der Waals surface area contributed by atoms with Gasteiger partial charge in [0.1, 0.15) is 17.2 Å². The molecule has 0 radical (unpaired) electrons. The molecule has 0 saturated carbocycles. The maximum Gasteiger partial charge on any atom is 0.410 e. The van der Waals surface area contributed by atoms with Crippen LogP contribution in [0.15, 0.2) is 54.7 Å². The Balaban J connectivity index is 1.45. The number of amides is 2. The lowest BCUT2D eigenvalue weighted by atomic mass is 9.99. The van der Waals surface area contributed by atoms with Gasteiger partial charge in [0.25, 0.3) is 0 Å².